The van der Waals surface area contributed by atoms with Crippen molar-refractivity contribution < 1.29 is 22.7 Å². The summed E-state index contributed by atoms with van der Waals surface area (Å²) in [6, 6.07) is 5.01. The number of halogens is 3. The van der Waals surface area contributed by atoms with Crippen LogP contribution in [0.5, 0.6) is 0 Å². The molecule has 1 unspecified atom stereocenters. The van der Waals surface area contributed by atoms with Crippen molar-refractivity contribution in [1.29, 1.82) is 0 Å². The van der Waals surface area contributed by atoms with Crippen LogP contribution in [0.1, 0.15) is 29.8 Å². The molecule has 8 heteroatoms. The first-order valence-electron chi connectivity index (χ1n) is 6.91. The number of alkyl halides is 3. The lowest BCUT2D eigenvalue weighted by molar-refractivity contribution is -0.139. The minimum Gasteiger partial charge on any atom is -0.435 e. The third-order valence-electron chi connectivity index (χ3n) is 3.22. The van der Waals surface area contributed by atoms with Crippen molar-refractivity contribution >= 4 is 6.09 Å². The van der Waals surface area contributed by atoms with Gasteiger partial charge in [-0.3, -0.25) is 0 Å². The number of aromatic nitrogens is 2. The van der Waals surface area contributed by atoms with Gasteiger partial charge in [0.15, 0.2) is 6.10 Å². The third-order valence-corrected chi connectivity index (χ3v) is 3.22. The highest BCUT2D eigenvalue weighted by molar-refractivity contribution is 5.68. The molecule has 0 radical (unpaired) electrons. The summed E-state index contributed by atoms with van der Waals surface area (Å²) in [4.78, 5) is 15.6. The maximum Gasteiger partial charge on any atom is 0.416 e. The molecule has 0 saturated heterocycles. The van der Waals surface area contributed by atoms with Crippen LogP contribution < -0.4 is 5.32 Å². The van der Waals surface area contributed by atoms with E-state index in [9.17, 15) is 18.0 Å². The zero-order valence-corrected chi connectivity index (χ0v) is 12.6. The number of hydrogen-bond acceptors (Lipinski definition) is 3. The van der Waals surface area contributed by atoms with Crippen LogP contribution in [-0.2, 0) is 18.0 Å². The summed E-state index contributed by atoms with van der Waals surface area (Å²) >= 11 is 0. The van der Waals surface area contributed by atoms with Gasteiger partial charge in [-0.05, 0) is 13.0 Å². The van der Waals surface area contributed by atoms with Crippen LogP contribution in [0.15, 0.2) is 36.8 Å². The second-order valence-electron chi connectivity index (χ2n) is 4.83. The number of carbonyl (C=O) groups excluding carboxylic acids is 1. The van der Waals surface area contributed by atoms with E-state index in [1.165, 1.54) is 35.3 Å². The number of benzene rings is 1. The largest absolute Gasteiger partial charge is 0.435 e. The quantitative estimate of drug-likeness (QED) is 0.938. The molecule has 0 aliphatic carbocycles. The molecule has 2 aromatic rings. The van der Waals surface area contributed by atoms with E-state index in [4.69, 9.17) is 4.74 Å². The average molecular weight is 327 g/mol. The molecule has 0 spiro atoms. The normalized spacial score (nSPS) is 12.7. The SMILES string of the molecule is CCNC(=O)OC(c1ccccc1C(F)(F)F)c1cncn1C. The van der Waals surface area contributed by atoms with Gasteiger partial charge >= 0.3 is 12.3 Å². The van der Waals surface area contributed by atoms with E-state index in [1.54, 1.807) is 14.0 Å². The smallest absolute Gasteiger partial charge is 0.416 e. The predicted octanol–water partition coefficient (Wildman–Crippen LogP) is 3.27. The summed E-state index contributed by atoms with van der Waals surface area (Å²) in [6.45, 7) is 1.99. The van der Waals surface area contributed by atoms with E-state index in [0.29, 0.717) is 12.2 Å². The molecule has 1 N–H and O–H groups in total. The molecule has 2 rings (SSSR count). The fourth-order valence-electron chi connectivity index (χ4n) is 2.18. The van der Waals surface area contributed by atoms with Crippen molar-refractivity contribution in [2.45, 2.75) is 19.2 Å². The molecule has 1 heterocycles. The maximum absolute atomic E-state index is 13.3. The Morgan fingerprint density at radius 2 is 2.09 bits per heavy atom. The van der Waals surface area contributed by atoms with E-state index in [1.807, 2.05) is 0 Å². The summed E-state index contributed by atoms with van der Waals surface area (Å²) in [5, 5.41) is 2.41. The van der Waals surface area contributed by atoms with Gasteiger partial charge in [0, 0.05) is 19.2 Å². The number of nitrogens with zero attached hydrogens (tertiary/aromatic N) is 2. The highest BCUT2D eigenvalue weighted by Crippen LogP contribution is 2.37. The highest BCUT2D eigenvalue weighted by Gasteiger charge is 2.37. The van der Waals surface area contributed by atoms with Gasteiger partial charge in [0.25, 0.3) is 0 Å². The summed E-state index contributed by atoms with van der Waals surface area (Å²) in [6.07, 6.45) is -3.77. The van der Waals surface area contributed by atoms with E-state index < -0.39 is 23.9 Å². The average Bonchev–Trinajstić information content (AvgIpc) is 2.90. The van der Waals surface area contributed by atoms with Gasteiger partial charge in [-0.1, -0.05) is 18.2 Å². The zero-order chi connectivity index (χ0) is 17.0. The van der Waals surface area contributed by atoms with Crippen LogP contribution in [-0.4, -0.2) is 22.2 Å². The van der Waals surface area contributed by atoms with Gasteiger partial charge in [-0.2, -0.15) is 13.2 Å². The van der Waals surface area contributed by atoms with Gasteiger partial charge in [-0.25, -0.2) is 9.78 Å². The van der Waals surface area contributed by atoms with Crippen molar-refractivity contribution in [3.63, 3.8) is 0 Å². The molecule has 1 atom stereocenters. The van der Waals surface area contributed by atoms with Crippen LogP contribution in [0.3, 0.4) is 0 Å². The Morgan fingerprint density at radius 1 is 1.39 bits per heavy atom. The number of nitrogens with one attached hydrogen (secondary N) is 1. The second-order valence-corrected chi connectivity index (χ2v) is 4.83. The summed E-state index contributed by atoms with van der Waals surface area (Å²) in [7, 11) is 1.62. The first-order valence-corrected chi connectivity index (χ1v) is 6.91. The van der Waals surface area contributed by atoms with Gasteiger partial charge in [-0.15, -0.1) is 0 Å². The Kier molecular flexibility index (Phi) is 4.92. The molecule has 0 fully saturated rings. The Balaban J connectivity index is 2.51. The molecular weight excluding hydrogens is 311 g/mol. The van der Waals surface area contributed by atoms with Gasteiger partial charge < -0.3 is 14.6 Å². The van der Waals surface area contributed by atoms with Crippen LogP contribution in [0.4, 0.5) is 18.0 Å². The molecule has 1 aromatic carbocycles. The lowest BCUT2D eigenvalue weighted by atomic mass is 10.00. The number of aryl methyl sites for hydroxylation is 1. The van der Waals surface area contributed by atoms with E-state index >= 15 is 0 Å². The molecular formula is C15H16F3N3O2. The van der Waals surface area contributed by atoms with Crippen LogP contribution in [0, 0.1) is 0 Å². The molecule has 1 aromatic heterocycles. The van der Waals surface area contributed by atoms with Crippen molar-refractivity contribution in [2.24, 2.45) is 7.05 Å². The lowest BCUT2D eigenvalue weighted by Crippen LogP contribution is -2.27. The van der Waals surface area contributed by atoms with Crippen molar-refractivity contribution in [2.75, 3.05) is 6.54 Å². The molecule has 23 heavy (non-hydrogen) atoms. The minimum absolute atomic E-state index is 0.144. The van der Waals surface area contributed by atoms with Gasteiger partial charge in [0.2, 0.25) is 0 Å². The molecule has 1 amide bonds. The van der Waals surface area contributed by atoms with E-state index in [2.05, 4.69) is 10.3 Å². The topological polar surface area (TPSA) is 56.1 Å². The number of hydrogen-bond donors (Lipinski definition) is 1. The molecule has 124 valence electrons. The molecule has 5 nitrogen and oxygen atoms in total. The number of carbonyl (C=O) groups is 1. The molecule has 0 aliphatic heterocycles. The van der Waals surface area contributed by atoms with Crippen LogP contribution in [0.2, 0.25) is 0 Å². The van der Waals surface area contributed by atoms with Crippen molar-refractivity contribution in [1.82, 2.24) is 14.9 Å². The number of alkyl carbamates (subject to hydrolysis) is 1. The number of rotatable bonds is 4. The lowest BCUT2D eigenvalue weighted by Gasteiger charge is -2.22. The first kappa shape index (κ1) is 16.9. The Morgan fingerprint density at radius 3 is 2.65 bits per heavy atom. The van der Waals surface area contributed by atoms with Crippen LogP contribution >= 0.6 is 0 Å². The van der Waals surface area contributed by atoms with Crippen LogP contribution in [0.25, 0.3) is 0 Å². The monoisotopic (exact) mass is 327 g/mol. The van der Waals surface area contributed by atoms with Crippen molar-refractivity contribution in [3.8, 4) is 0 Å². The minimum atomic E-state index is -4.56. The predicted molar refractivity (Wildman–Crippen MR) is 76.7 cm³/mol. The fraction of sp³-hybridized carbons (Fsp3) is 0.333. The Hall–Kier alpha value is -2.51. The third kappa shape index (κ3) is 3.82. The Bertz CT molecular complexity index is 683. The zero-order valence-electron chi connectivity index (χ0n) is 12.6. The molecule has 0 aliphatic rings. The molecule has 0 saturated carbocycles. The van der Waals surface area contributed by atoms with Gasteiger partial charge in [0.05, 0.1) is 23.8 Å². The first-order chi connectivity index (χ1) is 10.8. The van der Waals surface area contributed by atoms with Crippen molar-refractivity contribution in [3.05, 3.63) is 53.6 Å². The summed E-state index contributed by atoms with van der Waals surface area (Å²) < 4.78 is 46.5. The van der Waals surface area contributed by atoms with E-state index in [-0.39, 0.29) is 5.56 Å². The second kappa shape index (κ2) is 6.72. The summed E-state index contributed by atoms with van der Waals surface area (Å²) in [5.41, 5.74) is -0.654. The number of imidazole rings is 1. The summed E-state index contributed by atoms with van der Waals surface area (Å²) in [5.74, 6) is 0. The van der Waals surface area contributed by atoms with Gasteiger partial charge in [0.1, 0.15) is 0 Å². The Labute approximate surface area is 131 Å². The fourth-order valence-corrected chi connectivity index (χ4v) is 2.18. The maximum atomic E-state index is 13.3. The molecule has 0 bridgehead atoms. The standard InChI is InChI=1S/C15H16F3N3O2/c1-3-20-14(22)23-13(12-8-19-9-21(12)2)10-6-4-5-7-11(10)15(16,17)18/h4-9,13H,3H2,1-2H3,(H,20,22). The highest BCUT2D eigenvalue weighted by atomic mass is 19.4. The number of amides is 1. The number of ether oxygens (including phenoxy) is 1. The van der Waals surface area contributed by atoms with E-state index in [0.717, 1.165) is 6.07 Å².